The summed E-state index contributed by atoms with van der Waals surface area (Å²) in [6.45, 7) is 4.53. The van der Waals surface area contributed by atoms with Crippen LogP contribution < -0.4 is 15.1 Å². The molecule has 4 rings (SSSR count). The third-order valence-corrected chi connectivity index (χ3v) is 7.65. The Bertz CT molecular complexity index is 1170. The number of sulfonamides is 1. The highest BCUT2D eigenvalue weighted by Gasteiger charge is 2.46. The Morgan fingerprint density at radius 3 is 2.39 bits per heavy atom. The average Bonchev–Trinajstić information content (AvgIpc) is 3.16. The van der Waals surface area contributed by atoms with Gasteiger partial charge in [-0.25, -0.2) is 13.4 Å². The van der Waals surface area contributed by atoms with E-state index in [1.165, 1.54) is 10.6 Å². The van der Waals surface area contributed by atoms with Gasteiger partial charge in [-0.15, -0.1) is 0 Å². The summed E-state index contributed by atoms with van der Waals surface area (Å²) in [6.07, 6.45) is 3.80. The maximum absolute atomic E-state index is 12.8. The second-order valence-electron chi connectivity index (χ2n) is 8.31. The summed E-state index contributed by atoms with van der Waals surface area (Å²) in [6, 6.07) is 11.6. The molecule has 1 atom stereocenters. The van der Waals surface area contributed by atoms with Gasteiger partial charge in [0.1, 0.15) is 11.2 Å². The molecule has 174 valence electrons. The molecule has 0 radical (unpaired) electrons. The number of hydrogen-bond acceptors (Lipinski definition) is 8. The van der Waals surface area contributed by atoms with Crippen LogP contribution >= 0.6 is 0 Å². The molecular weight excluding hydrogens is 442 g/mol. The Morgan fingerprint density at radius 2 is 1.82 bits per heavy atom. The molecule has 2 aliphatic heterocycles. The Labute approximate surface area is 193 Å². The first-order chi connectivity index (χ1) is 15.8. The minimum Gasteiger partial charge on any atom is -0.369 e. The normalized spacial score (nSPS) is 21.8. The molecule has 0 spiro atoms. The second-order valence-corrected chi connectivity index (χ2v) is 10.3. The van der Waals surface area contributed by atoms with E-state index in [2.05, 4.69) is 26.3 Å². The van der Waals surface area contributed by atoms with Crippen LogP contribution in [0, 0.1) is 16.7 Å². The number of carbonyl (C=O) groups excluding carboxylic acids is 1. The van der Waals surface area contributed by atoms with E-state index in [4.69, 9.17) is 0 Å². The Kier molecular flexibility index (Phi) is 6.23. The number of carbonyl (C=O) groups is 1. The van der Waals surface area contributed by atoms with Gasteiger partial charge in [0.15, 0.2) is 0 Å². The number of rotatable bonds is 6. The SMILES string of the molecule is CC[C@]1(C#N)CCN(c2ccnc(Nc3ccc(N4CCN(S(C)(=O)=O)CC4)cc3)n2)C1=O. The van der Waals surface area contributed by atoms with Crippen LogP contribution in [0.2, 0.25) is 0 Å². The summed E-state index contributed by atoms with van der Waals surface area (Å²) in [5.41, 5.74) is 0.832. The topological polar surface area (TPSA) is 123 Å². The fourth-order valence-corrected chi connectivity index (χ4v) is 5.05. The van der Waals surface area contributed by atoms with Crippen molar-refractivity contribution in [3.8, 4) is 6.07 Å². The maximum atomic E-state index is 12.8. The van der Waals surface area contributed by atoms with Crippen molar-refractivity contribution < 1.29 is 13.2 Å². The van der Waals surface area contributed by atoms with Gasteiger partial charge < -0.3 is 10.2 Å². The first kappa shape index (κ1) is 22.9. The fraction of sp³-hybridized carbons (Fsp3) is 0.455. The molecule has 0 bridgehead atoms. The Hall–Kier alpha value is -3.23. The third kappa shape index (κ3) is 4.62. The number of nitriles is 1. The molecule has 2 aromatic rings. The molecule has 3 heterocycles. The number of piperazine rings is 1. The fourth-order valence-electron chi connectivity index (χ4n) is 4.22. The van der Waals surface area contributed by atoms with Crippen molar-refractivity contribution in [2.75, 3.05) is 54.1 Å². The molecular formula is C22H27N7O3S. The highest BCUT2D eigenvalue weighted by atomic mass is 32.2. The second kappa shape index (κ2) is 8.96. The molecule has 0 aliphatic carbocycles. The Balaban J connectivity index is 1.42. The minimum absolute atomic E-state index is 0.211. The standard InChI is InChI=1S/C22H27N7O3S/c1-3-22(16-23)9-11-29(20(22)30)19-8-10-24-21(26-19)25-17-4-6-18(7-5-17)27-12-14-28(15-13-27)33(2,31)32/h4-8,10H,3,9,11-15H2,1-2H3,(H,24,25,26)/t22-/m1/s1. The molecule has 2 aliphatic rings. The van der Waals surface area contributed by atoms with Gasteiger partial charge in [0.25, 0.3) is 0 Å². The summed E-state index contributed by atoms with van der Waals surface area (Å²) in [7, 11) is -3.15. The lowest BCUT2D eigenvalue weighted by Gasteiger charge is -2.34. The summed E-state index contributed by atoms with van der Waals surface area (Å²) in [5, 5.41) is 12.6. The summed E-state index contributed by atoms with van der Waals surface area (Å²) in [4.78, 5) is 25.2. The van der Waals surface area contributed by atoms with Crippen molar-refractivity contribution in [3.05, 3.63) is 36.5 Å². The number of amides is 1. The van der Waals surface area contributed by atoms with Crippen molar-refractivity contribution in [1.82, 2.24) is 14.3 Å². The van der Waals surface area contributed by atoms with Gasteiger partial charge in [-0.05, 0) is 43.2 Å². The van der Waals surface area contributed by atoms with Gasteiger partial charge in [-0.1, -0.05) is 6.92 Å². The quantitative estimate of drug-likeness (QED) is 0.681. The number of nitrogens with zero attached hydrogens (tertiary/aromatic N) is 6. The zero-order valence-corrected chi connectivity index (χ0v) is 19.5. The van der Waals surface area contributed by atoms with Crippen molar-refractivity contribution in [2.24, 2.45) is 5.41 Å². The lowest BCUT2D eigenvalue weighted by Crippen LogP contribution is -2.48. The molecule has 0 saturated carbocycles. The van der Waals surface area contributed by atoms with Crippen LogP contribution in [0.5, 0.6) is 0 Å². The molecule has 1 aromatic heterocycles. The molecule has 1 amide bonds. The smallest absolute Gasteiger partial charge is 0.248 e. The van der Waals surface area contributed by atoms with Gasteiger partial charge in [-0.3, -0.25) is 9.69 Å². The summed E-state index contributed by atoms with van der Waals surface area (Å²) >= 11 is 0. The molecule has 33 heavy (non-hydrogen) atoms. The summed E-state index contributed by atoms with van der Waals surface area (Å²) < 4.78 is 24.9. The number of nitrogens with one attached hydrogen (secondary N) is 1. The van der Waals surface area contributed by atoms with E-state index >= 15 is 0 Å². The van der Waals surface area contributed by atoms with Crippen LogP contribution in [-0.2, 0) is 14.8 Å². The predicted octanol–water partition coefficient (Wildman–Crippen LogP) is 1.96. The monoisotopic (exact) mass is 469 g/mol. The largest absolute Gasteiger partial charge is 0.369 e. The first-order valence-electron chi connectivity index (χ1n) is 10.9. The van der Waals surface area contributed by atoms with Crippen molar-refractivity contribution in [3.63, 3.8) is 0 Å². The lowest BCUT2D eigenvalue weighted by molar-refractivity contribution is -0.123. The van der Waals surface area contributed by atoms with E-state index in [0.29, 0.717) is 57.3 Å². The van der Waals surface area contributed by atoms with E-state index in [9.17, 15) is 18.5 Å². The van der Waals surface area contributed by atoms with Gasteiger partial charge in [0.2, 0.25) is 21.9 Å². The Morgan fingerprint density at radius 1 is 1.12 bits per heavy atom. The molecule has 2 fully saturated rings. The zero-order chi connectivity index (χ0) is 23.6. The average molecular weight is 470 g/mol. The molecule has 0 unspecified atom stereocenters. The molecule has 11 heteroatoms. The zero-order valence-electron chi connectivity index (χ0n) is 18.7. The molecule has 2 saturated heterocycles. The lowest BCUT2D eigenvalue weighted by atomic mass is 9.85. The number of benzene rings is 1. The van der Waals surface area contributed by atoms with Crippen molar-refractivity contribution in [1.29, 1.82) is 5.26 Å². The van der Waals surface area contributed by atoms with E-state index in [1.807, 2.05) is 31.2 Å². The van der Waals surface area contributed by atoms with Crippen molar-refractivity contribution >= 4 is 39.1 Å². The van der Waals surface area contributed by atoms with Crippen LogP contribution in [0.15, 0.2) is 36.5 Å². The van der Waals surface area contributed by atoms with Gasteiger partial charge >= 0.3 is 0 Å². The molecule has 1 N–H and O–H groups in total. The molecule has 10 nitrogen and oxygen atoms in total. The maximum Gasteiger partial charge on any atom is 0.248 e. The highest BCUT2D eigenvalue weighted by Crippen LogP contribution is 2.36. The number of aromatic nitrogens is 2. The van der Waals surface area contributed by atoms with Crippen LogP contribution in [0.3, 0.4) is 0 Å². The van der Waals surface area contributed by atoms with Crippen molar-refractivity contribution in [2.45, 2.75) is 19.8 Å². The van der Waals surface area contributed by atoms with E-state index in [1.54, 1.807) is 17.2 Å². The summed E-state index contributed by atoms with van der Waals surface area (Å²) in [5.74, 6) is 0.627. The molecule has 1 aromatic carbocycles. The van der Waals surface area contributed by atoms with Gasteiger partial charge in [-0.2, -0.15) is 14.6 Å². The van der Waals surface area contributed by atoms with Gasteiger partial charge in [0, 0.05) is 50.3 Å². The van der Waals surface area contributed by atoms with E-state index in [0.717, 1.165) is 11.4 Å². The van der Waals surface area contributed by atoms with Crippen LogP contribution in [0.1, 0.15) is 19.8 Å². The third-order valence-electron chi connectivity index (χ3n) is 6.35. The van der Waals surface area contributed by atoms with Crippen LogP contribution in [-0.4, -0.2) is 67.6 Å². The van der Waals surface area contributed by atoms with Gasteiger partial charge in [0.05, 0.1) is 12.3 Å². The number of hydrogen-bond donors (Lipinski definition) is 1. The predicted molar refractivity (Wildman–Crippen MR) is 126 cm³/mol. The van der Waals surface area contributed by atoms with Crippen LogP contribution in [0.4, 0.5) is 23.1 Å². The van der Waals surface area contributed by atoms with Crippen LogP contribution in [0.25, 0.3) is 0 Å². The van der Waals surface area contributed by atoms with E-state index in [-0.39, 0.29) is 5.91 Å². The number of anilines is 4. The minimum atomic E-state index is -3.15. The highest BCUT2D eigenvalue weighted by molar-refractivity contribution is 7.88. The first-order valence-corrected chi connectivity index (χ1v) is 12.7. The van der Waals surface area contributed by atoms with E-state index < -0.39 is 15.4 Å².